The highest BCUT2D eigenvalue weighted by atomic mass is 16.5. The Morgan fingerprint density at radius 2 is 1.82 bits per heavy atom. The second kappa shape index (κ2) is 8.82. The van der Waals surface area contributed by atoms with Gasteiger partial charge in [0.15, 0.2) is 0 Å². The first-order chi connectivity index (χ1) is 13.5. The van der Waals surface area contributed by atoms with Gasteiger partial charge in [0.05, 0.1) is 18.2 Å². The summed E-state index contributed by atoms with van der Waals surface area (Å²) in [4.78, 5) is 38.8. The number of nitrogens with zero attached hydrogens (tertiary/aromatic N) is 3. The van der Waals surface area contributed by atoms with Crippen molar-refractivity contribution in [2.75, 3.05) is 19.7 Å². The molecule has 0 saturated carbocycles. The number of benzene rings is 1. The molecule has 148 valence electrons. The molecule has 7 nitrogen and oxygen atoms in total. The summed E-state index contributed by atoms with van der Waals surface area (Å²) >= 11 is 0. The van der Waals surface area contributed by atoms with Crippen LogP contribution in [0.3, 0.4) is 0 Å². The van der Waals surface area contributed by atoms with E-state index in [1.165, 1.54) is 10.7 Å². The first-order valence-corrected chi connectivity index (χ1v) is 9.62. The first kappa shape index (κ1) is 19.8. The van der Waals surface area contributed by atoms with Crippen LogP contribution in [-0.4, -0.2) is 46.3 Å². The topological polar surface area (TPSA) is 81.5 Å². The van der Waals surface area contributed by atoms with Gasteiger partial charge in [0.25, 0.3) is 5.56 Å². The molecule has 0 aliphatic carbocycles. The first-order valence-electron chi connectivity index (χ1n) is 9.62. The maximum Gasteiger partial charge on any atom is 0.309 e. The third-order valence-electron chi connectivity index (χ3n) is 5.05. The van der Waals surface area contributed by atoms with Gasteiger partial charge < -0.3 is 9.64 Å². The molecule has 2 heterocycles. The number of likely N-dealkylation sites (tertiary alicyclic amines) is 1. The molecule has 7 heteroatoms. The number of amides is 1. The Morgan fingerprint density at radius 3 is 2.46 bits per heavy atom. The van der Waals surface area contributed by atoms with Crippen molar-refractivity contribution in [2.45, 2.75) is 32.7 Å². The van der Waals surface area contributed by atoms with Crippen LogP contribution >= 0.6 is 0 Å². The highest BCUT2D eigenvalue weighted by Crippen LogP contribution is 2.21. The molecule has 0 radical (unpaired) electrons. The number of carbonyl (C=O) groups is 2. The van der Waals surface area contributed by atoms with Gasteiger partial charge >= 0.3 is 5.97 Å². The van der Waals surface area contributed by atoms with Crippen LogP contribution in [-0.2, 0) is 14.3 Å². The van der Waals surface area contributed by atoms with Gasteiger partial charge in [-0.3, -0.25) is 14.4 Å². The van der Waals surface area contributed by atoms with Crippen molar-refractivity contribution in [3.8, 4) is 11.3 Å². The molecule has 0 spiro atoms. The fourth-order valence-corrected chi connectivity index (χ4v) is 3.43. The molecule has 1 atom stereocenters. The third kappa shape index (κ3) is 4.30. The van der Waals surface area contributed by atoms with Crippen molar-refractivity contribution in [3.63, 3.8) is 0 Å². The molecule has 2 aromatic rings. The molecule has 3 rings (SSSR count). The molecule has 1 saturated heterocycles. The summed E-state index contributed by atoms with van der Waals surface area (Å²) in [6, 6.07) is 11.9. The number of esters is 1. The van der Waals surface area contributed by atoms with Crippen LogP contribution in [0.15, 0.2) is 47.3 Å². The van der Waals surface area contributed by atoms with Crippen molar-refractivity contribution >= 4 is 11.9 Å². The minimum atomic E-state index is -0.713. The maximum absolute atomic E-state index is 12.9. The van der Waals surface area contributed by atoms with E-state index in [4.69, 9.17) is 4.74 Å². The fraction of sp³-hybridized carbons (Fsp3) is 0.429. The Morgan fingerprint density at radius 1 is 1.14 bits per heavy atom. The molecule has 0 N–H and O–H groups in total. The lowest BCUT2D eigenvalue weighted by molar-refractivity contribution is -0.151. The summed E-state index contributed by atoms with van der Waals surface area (Å²) in [5, 5.41) is 4.41. The van der Waals surface area contributed by atoms with E-state index in [1.807, 2.05) is 30.3 Å². The molecule has 1 unspecified atom stereocenters. The van der Waals surface area contributed by atoms with Crippen molar-refractivity contribution in [2.24, 2.45) is 5.92 Å². The Balaban J connectivity index is 1.72. The van der Waals surface area contributed by atoms with Crippen molar-refractivity contribution < 1.29 is 14.3 Å². The van der Waals surface area contributed by atoms with Crippen LogP contribution in [0.25, 0.3) is 11.3 Å². The Kier molecular flexibility index (Phi) is 6.23. The van der Waals surface area contributed by atoms with E-state index in [0.717, 1.165) is 5.56 Å². The van der Waals surface area contributed by atoms with Gasteiger partial charge in [0.1, 0.15) is 6.04 Å². The number of piperidine rings is 1. The quantitative estimate of drug-likeness (QED) is 0.740. The van der Waals surface area contributed by atoms with Gasteiger partial charge in [0, 0.05) is 24.7 Å². The molecule has 0 bridgehead atoms. The van der Waals surface area contributed by atoms with Crippen LogP contribution in [0.4, 0.5) is 0 Å². The SMILES string of the molecule is CCOC(=O)C1CCN(C(=O)C(C)n2nc(-c3ccccc3)ccc2=O)CC1. The number of hydrogen-bond donors (Lipinski definition) is 0. The Bertz CT molecular complexity index is 886. The molecular formula is C21H25N3O4. The predicted octanol–water partition coefficient (Wildman–Crippen LogP) is 2.27. The Labute approximate surface area is 163 Å². The third-order valence-corrected chi connectivity index (χ3v) is 5.05. The Hall–Kier alpha value is -2.96. The number of aromatic nitrogens is 2. The molecule has 1 aromatic carbocycles. The van der Waals surface area contributed by atoms with E-state index < -0.39 is 6.04 Å². The van der Waals surface area contributed by atoms with E-state index >= 15 is 0 Å². The largest absolute Gasteiger partial charge is 0.466 e. The van der Waals surface area contributed by atoms with E-state index in [9.17, 15) is 14.4 Å². The van der Waals surface area contributed by atoms with Gasteiger partial charge in [-0.25, -0.2) is 4.68 Å². The van der Waals surface area contributed by atoms with E-state index in [-0.39, 0.29) is 23.4 Å². The van der Waals surface area contributed by atoms with E-state index in [0.29, 0.717) is 38.2 Å². The molecule has 1 amide bonds. The monoisotopic (exact) mass is 383 g/mol. The smallest absolute Gasteiger partial charge is 0.309 e. The highest BCUT2D eigenvalue weighted by molar-refractivity contribution is 5.80. The average Bonchev–Trinajstić information content (AvgIpc) is 2.74. The van der Waals surface area contributed by atoms with Crippen LogP contribution in [0.2, 0.25) is 0 Å². The fourth-order valence-electron chi connectivity index (χ4n) is 3.43. The molecule has 1 fully saturated rings. The highest BCUT2D eigenvalue weighted by Gasteiger charge is 2.31. The van der Waals surface area contributed by atoms with Gasteiger partial charge in [0.2, 0.25) is 5.91 Å². The van der Waals surface area contributed by atoms with Gasteiger partial charge in [-0.2, -0.15) is 5.10 Å². The molecular weight excluding hydrogens is 358 g/mol. The second-order valence-corrected chi connectivity index (χ2v) is 6.89. The van der Waals surface area contributed by atoms with Gasteiger partial charge in [-0.15, -0.1) is 0 Å². The zero-order valence-electron chi connectivity index (χ0n) is 16.2. The molecule has 1 aromatic heterocycles. The van der Waals surface area contributed by atoms with Gasteiger partial charge in [-0.1, -0.05) is 30.3 Å². The van der Waals surface area contributed by atoms with Crippen LogP contribution in [0, 0.1) is 5.92 Å². The van der Waals surface area contributed by atoms with Crippen molar-refractivity contribution in [1.82, 2.24) is 14.7 Å². The molecule has 1 aliphatic rings. The summed E-state index contributed by atoms with van der Waals surface area (Å²) in [7, 11) is 0. The van der Waals surface area contributed by atoms with E-state index in [1.54, 1.807) is 24.8 Å². The average molecular weight is 383 g/mol. The zero-order chi connectivity index (χ0) is 20.1. The maximum atomic E-state index is 12.9. The minimum absolute atomic E-state index is 0.165. The minimum Gasteiger partial charge on any atom is -0.466 e. The second-order valence-electron chi connectivity index (χ2n) is 6.89. The summed E-state index contributed by atoms with van der Waals surface area (Å²) in [6.07, 6.45) is 1.15. The zero-order valence-corrected chi connectivity index (χ0v) is 16.2. The normalized spacial score (nSPS) is 15.9. The molecule has 28 heavy (non-hydrogen) atoms. The lowest BCUT2D eigenvalue weighted by atomic mass is 9.96. The number of hydrogen-bond acceptors (Lipinski definition) is 5. The number of carbonyl (C=O) groups excluding carboxylic acids is 2. The number of ether oxygens (including phenoxy) is 1. The number of rotatable bonds is 5. The summed E-state index contributed by atoms with van der Waals surface area (Å²) in [6.45, 7) is 4.77. The van der Waals surface area contributed by atoms with Crippen molar-refractivity contribution in [1.29, 1.82) is 0 Å². The predicted molar refractivity (Wildman–Crippen MR) is 105 cm³/mol. The van der Waals surface area contributed by atoms with Crippen molar-refractivity contribution in [3.05, 3.63) is 52.8 Å². The van der Waals surface area contributed by atoms with Crippen LogP contribution < -0.4 is 5.56 Å². The molecule has 1 aliphatic heterocycles. The summed E-state index contributed by atoms with van der Waals surface area (Å²) in [5.74, 6) is -0.528. The summed E-state index contributed by atoms with van der Waals surface area (Å²) in [5.41, 5.74) is 1.20. The lowest BCUT2D eigenvalue weighted by Gasteiger charge is -2.32. The van der Waals surface area contributed by atoms with Gasteiger partial charge in [-0.05, 0) is 32.8 Å². The van der Waals surface area contributed by atoms with Crippen LogP contribution in [0.5, 0.6) is 0 Å². The standard InChI is InChI=1S/C21H25N3O4/c1-3-28-21(27)17-11-13-23(14-12-17)20(26)15(2)24-19(25)10-9-18(22-24)16-7-5-4-6-8-16/h4-10,15,17H,3,11-14H2,1-2H3. The summed E-state index contributed by atoms with van der Waals surface area (Å²) < 4.78 is 6.31. The van der Waals surface area contributed by atoms with E-state index in [2.05, 4.69) is 5.10 Å². The van der Waals surface area contributed by atoms with Crippen LogP contribution in [0.1, 0.15) is 32.7 Å². The lowest BCUT2D eigenvalue weighted by Crippen LogP contribution is -2.45.